The van der Waals surface area contributed by atoms with Crippen LogP contribution < -0.4 is 0 Å². The second kappa shape index (κ2) is 6.08. The average molecular weight is 295 g/mol. The van der Waals surface area contributed by atoms with E-state index in [1.165, 1.54) is 22.5 Å². The first-order valence-electron chi connectivity index (χ1n) is 6.61. The standard InChI is InChI=1S/C16H19ClOS/c1-4-11-6-7-12(5-2)13(8-11)15(18)16-14(17)10(3)9-19-16/h6-9,15,18H,4-5H2,1-3H3. The molecule has 1 N–H and O–H groups in total. The predicted octanol–water partition coefficient (Wildman–Crippen LogP) is 4.92. The maximum absolute atomic E-state index is 10.6. The quantitative estimate of drug-likeness (QED) is 0.849. The van der Waals surface area contributed by atoms with Crippen LogP contribution in [0.5, 0.6) is 0 Å². The fourth-order valence-corrected chi connectivity index (χ4v) is 3.51. The normalized spacial score (nSPS) is 12.7. The van der Waals surface area contributed by atoms with Crippen LogP contribution in [0.3, 0.4) is 0 Å². The molecule has 1 heterocycles. The Morgan fingerprint density at radius 2 is 2.00 bits per heavy atom. The van der Waals surface area contributed by atoms with E-state index in [2.05, 4.69) is 32.0 Å². The maximum Gasteiger partial charge on any atom is 0.115 e. The van der Waals surface area contributed by atoms with Crippen LogP contribution in [-0.4, -0.2) is 5.11 Å². The summed E-state index contributed by atoms with van der Waals surface area (Å²) >= 11 is 7.80. The predicted molar refractivity (Wildman–Crippen MR) is 83.3 cm³/mol. The molecule has 0 bridgehead atoms. The van der Waals surface area contributed by atoms with Crippen molar-refractivity contribution in [1.82, 2.24) is 0 Å². The van der Waals surface area contributed by atoms with E-state index in [1.807, 2.05) is 12.3 Å². The van der Waals surface area contributed by atoms with E-state index >= 15 is 0 Å². The molecule has 0 saturated heterocycles. The average Bonchev–Trinajstić information content (AvgIpc) is 2.77. The van der Waals surface area contributed by atoms with Gasteiger partial charge in [0.05, 0.1) is 9.90 Å². The summed E-state index contributed by atoms with van der Waals surface area (Å²) in [5.41, 5.74) is 4.46. The van der Waals surface area contributed by atoms with E-state index in [4.69, 9.17) is 11.6 Å². The molecule has 1 aromatic carbocycles. The fraction of sp³-hybridized carbons (Fsp3) is 0.375. The zero-order valence-electron chi connectivity index (χ0n) is 11.5. The first-order chi connectivity index (χ1) is 9.08. The molecule has 0 aliphatic heterocycles. The van der Waals surface area contributed by atoms with Crippen molar-refractivity contribution in [2.45, 2.75) is 39.7 Å². The van der Waals surface area contributed by atoms with Crippen LogP contribution in [0.2, 0.25) is 5.02 Å². The van der Waals surface area contributed by atoms with Gasteiger partial charge >= 0.3 is 0 Å². The van der Waals surface area contributed by atoms with Crippen LogP contribution in [0, 0.1) is 6.92 Å². The van der Waals surface area contributed by atoms with Crippen LogP contribution in [0.25, 0.3) is 0 Å². The van der Waals surface area contributed by atoms with Crippen molar-refractivity contribution in [3.05, 3.63) is 55.7 Å². The molecule has 3 heteroatoms. The third kappa shape index (κ3) is 2.86. The van der Waals surface area contributed by atoms with Gasteiger partial charge in [-0.05, 0) is 47.4 Å². The fourth-order valence-electron chi connectivity index (χ4n) is 2.22. The van der Waals surface area contributed by atoms with Crippen molar-refractivity contribution < 1.29 is 5.11 Å². The van der Waals surface area contributed by atoms with E-state index < -0.39 is 6.10 Å². The molecule has 2 aromatic rings. The van der Waals surface area contributed by atoms with Crippen LogP contribution in [0.1, 0.15) is 47.1 Å². The summed E-state index contributed by atoms with van der Waals surface area (Å²) in [6.07, 6.45) is 1.27. The Morgan fingerprint density at radius 1 is 1.26 bits per heavy atom. The van der Waals surface area contributed by atoms with Crippen molar-refractivity contribution >= 4 is 22.9 Å². The van der Waals surface area contributed by atoms with Gasteiger partial charge in [-0.2, -0.15) is 0 Å². The lowest BCUT2D eigenvalue weighted by molar-refractivity contribution is 0.223. The van der Waals surface area contributed by atoms with Gasteiger partial charge in [0.15, 0.2) is 0 Å². The summed E-state index contributed by atoms with van der Waals surface area (Å²) in [6, 6.07) is 6.36. The molecule has 2 rings (SSSR count). The summed E-state index contributed by atoms with van der Waals surface area (Å²) in [6.45, 7) is 6.20. The summed E-state index contributed by atoms with van der Waals surface area (Å²) in [4.78, 5) is 0.849. The molecule has 1 unspecified atom stereocenters. The number of aliphatic hydroxyl groups is 1. The highest BCUT2D eigenvalue weighted by atomic mass is 35.5. The maximum atomic E-state index is 10.6. The van der Waals surface area contributed by atoms with Gasteiger partial charge < -0.3 is 5.11 Å². The summed E-state index contributed by atoms with van der Waals surface area (Å²) in [5.74, 6) is 0. The highest BCUT2D eigenvalue weighted by Crippen LogP contribution is 2.37. The lowest BCUT2D eigenvalue weighted by Gasteiger charge is -2.16. The van der Waals surface area contributed by atoms with Gasteiger partial charge in [0.1, 0.15) is 6.10 Å². The van der Waals surface area contributed by atoms with Gasteiger partial charge in [-0.15, -0.1) is 11.3 Å². The Bertz CT molecular complexity index is 574. The molecule has 0 spiro atoms. The zero-order chi connectivity index (χ0) is 14.0. The van der Waals surface area contributed by atoms with Crippen molar-refractivity contribution in [1.29, 1.82) is 0 Å². The lowest BCUT2D eigenvalue weighted by Crippen LogP contribution is -2.03. The van der Waals surface area contributed by atoms with Crippen molar-refractivity contribution in [3.63, 3.8) is 0 Å². The topological polar surface area (TPSA) is 20.2 Å². The molecule has 0 aliphatic rings. The number of thiophene rings is 1. The van der Waals surface area contributed by atoms with Crippen molar-refractivity contribution in [2.75, 3.05) is 0 Å². The molecule has 1 atom stereocenters. The Kier molecular flexibility index (Phi) is 4.67. The van der Waals surface area contributed by atoms with Crippen LogP contribution in [0.4, 0.5) is 0 Å². The minimum atomic E-state index is -0.618. The van der Waals surface area contributed by atoms with E-state index in [0.29, 0.717) is 5.02 Å². The summed E-state index contributed by atoms with van der Waals surface area (Å²) in [7, 11) is 0. The number of aliphatic hydroxyl groups excluding tert-OH is 1. The second-order valence-electron chi connectivity index (χ2n) is 4.74. The monoisotopic (exact) mass is 294 g/mol. The molecule has 102 valence electrons. The zero-order valence-corrected chi connectivity index (χ0v) is 13.1. The number of hydrogen-bond donors (Lipinski definition) is 1. The molecule has 19 heavy (non-hydrogen) atoms. The van der Waals surface area contributed by atoms with Crippen LogP contribution in [0.15, 0.2) is 23.6 Å². The van der Waals surface area contributed by atoms with E-state index in [1.54, 1.807) is 0 Å². The number of aryl methyl sites for hydroxylation is 3. The highest BCUT2D eigenvalue weighted by molar-refractivity contribution is 7.10. The highest BCUT2D eigenvalue weighted by Gasteiger charge is 2.19. The molecule has 0 saturated carbocycles. The van der Waals surface area contributed by atoms with Gasteiger partial charge in [-0.1, -0.05) is 43.6 Å². The number of benzene rings is 1. The minimum absolute atomic E-state index is 0.618. The van der Waals surface area contributed by atoms with Crippen LogP contribution >= 0.6 is 22.9 Å². The molecule has 0 radical (unpaired) electrons. The molecule has 1 nitrogen and oxygen atoms in total. The van der Waals surface area contributed by atoms with E-state index in [0.717, 1.165) is 28.8 Å². The molecule has 1 aromatic heterocycles. The smallest absolute Gasteiger partial charge is 0.115 e. The Hall–Kier alpha value is -0.830. The second-order valence-corrected chi connectivity index (χ2v) is 6.03. The van der Waals surface area contributed by atoms with E-state index in [-0.39, 0.29) is 0 Å². The third-order valence-electron chi connectivity index (χ3n) is 3.47. The van der Waals surface area contributed by atoms with Crippen molar-refractivity contribution in [2.24, 2.45) is 0 Å². The molecular formula is C16H19ClOS. The van der Waals surface area contributed by atoms with Crippen molar-refractivity contribution in [3.8, 4) is 0 Å². The van der Waals surface area contributed by atoms with Gasteiger partial charge in [-0.3, -0.25) is 0 Å². The number of halogens is 1. The minimum Gasteiger partial charge on any atom is -0.383 e. The first kappa shape index (κ1) is 14.6. The lowest BCUT2D eigenvalue weighted by atomic mass is 9.96. The number of hydrogen-bond acceptors (Lipinski definition) is 2. The Morgan fingerprint density at radius 3 is 2.53 bits per heavy atom. The van der Waals surface area contributed by atoms with Gasteiger partial charge in [0.25, 0.3) is 0 Å². The summed E-state index contributed by atoms with van der Waals surface area (Å²) in [5, 5.41) is 13.3. The van der Waals surface area contributed by atoms with Gasteiger partial charge in [0, 0.05) is 0 Å². The number of rotatable bonds is 4. The van der Waals surface area contributed by atoms with E-state index in [9.17, 15) is 5.11 Å². The molecular weight excluding hydrogens is 276 g/mol. The molecule has 0 fully saturated rings. The van der Waals surface area contributed by atoms with Gasteiger partial charge in [0.2, 0.25) is 0 Å². The molecule has 0 aliphatic carbocycles. The molecule has 0 amide bonds. The van der Waals surface area contributed by atoms with Crippen LogP contribution in [-0.2, 0) is 12.8 Å². The Balaban J connectivity index is 2.47. The van der Waals surface area contributed by atoms with Gasteiger partial charge in [-0.25, -0.2) is 0 Å². The third-order valence-corrected chi connectivity index (χ3v) is 5.23. The first-order valence-corrected chi connectivity index (χ1v) is 7.87. The Labute approximate surface area is 123 Å². The summed E-state index contributed by atoms with van der Waals surface area (Å²) < 4.78 is 0. The SMILES string of the molecule is CCc1ccc(CC)c(C(O)c2scc(C)c2Cl)c1. The largest absolute Gasteiger partial charge is 0.383 e.